The number of ketones is 1. The first kappa shape index (κ1) is 21.7. The molecule has 1 unspecified atom stereocenters. The van der Waals surface area contributed by atoms with Crippen molar-refractivity contribution in [1.82, 2.24) is 4.98 Å². The molecule has 166 valence electrons. The first-order valence-corrected chi connectivity index (χ1v) is 11.7. The molecule has 1 fully saturated rings. The lowest BCUT2D eigenvalue weighted by atomic mass is 9.81. The Morgan fingerprint density at radius 3 is 2.39 bits per heavy atom. The van der Waals surface area contributed by atoms with Gasteiger partial charge in [-0.2, -0.15) is 0 Å². The first-order chi connectivity index (χ1) is 15.1. The fraction of sp³-hybridized carbons (Fsp3) is 0.538. The van der Waals surface area contributed by atoms with Crippen LogP contribution in [-0.2, 0) is 11.2 Å². The molecule has 1 N–H and O–H groups in total. The van der Waals surface area contributed by atoms with Crippen LogP contribution in [0, 0.1) is 6.92 Å². The highest BCUT2D eigenvalue weighted by molar-refractivity contribution is 6.03. The van der Waals surface area contributed by atoms with E-state index in [4.69, 9.17) is 9.47 Å². The Kier molecular flexibility index (Phi) is 6.79. The van der Waals surface area contributed by atoms with Gasteiger partial charge in [-0.15, -0.1) is 0 Å². The summed E-state index contributed by atoms with van der Waals surface area (Å²) in [6, 6.07) is 7.98. The number of carbonyl (C=O) groups excluding carboxylic acids is 2. The van der Waals surface area contributed by atoms with Crippen molar-refractivity contribution in [2.45, 2.75) is 83.7 Å². The smallest absolute Gasteiger partial charge is 0.355 e. The van der Waals surface area contributed by atoms with E-state index in [9.17, 15) is 9.59 Å². The van der Waals surface area contributed by atoms with Crippen molar-refractivity contribution in [3.05, 3.63) is 52.3 Å². The highest BCUT2D eigenvalue weighted by Crippen LogP contribution is 2.36. The van der Waals surface area contributed by atoms with Crippen LogP contribution < -0.4 is 4.74 Å². The Morgan fingerprint density at radius 2 is 1.71 bits per heavy atom. The highest BCUT2D eigenvalue weighted by atomic mass is 16.5. The molecule has 0 aliphatic heterocycles. The van der Waals surface area contributed by atoms with Gasteiger partial charge in [0.05, 0.1) is 6.61 Å². The van der Waals surface area contributed by atoms with E-state index in [1.807, 2.05) is 38.1 Å². The van der Waals surface area contributed by atoms with Gasteiger partial charge in [0.25, 0.3) is 0 Å². The third kappa shape index (κ3) is 4.86. The molecule has 2 aliphatic carbocycles. The molecular weight excluding hydrogens is 390 g/mol. The van der Waals surface area contributed by atoms with Crippen LogP contribution >= 0.6 is 0 Å². The standard InChI is InChI=1S/C26H33NO4/c1-3-30-20-13-11-18(12-14-20)19-15-22-24(23(28)16-19)17(2)25(27-22)26(29)31-21-9-7-5-4-6-8-10-21/h11-14,19,21,27H,3-10,15-16H2,1-2H3. The molecule has 0 radical (unpaired) electrons. The Hall–Kier alpha value is -2.56. The number of nitrogens with one attached hydrogen (secondary N) is 1. The van der Waals surface area contributed by atoms with Gasteiger partial charge in [0.1, 0.15) is 17.5 Å². The van der Waals surface area contributed by atoms with E-state index in [1.54, 1.807) is 0 Å². The summed E-state index contributed by atoms with van der Waals surface area (Å²) in [7, 11) is 0. The first-order valence-electron chi connectivity index (χ1n) is 11.7. The molecule has 0 saturated heterocycles. The van der Waals surface area contributed by atoms with Crippen molar-refractivity contribution < 1.29 is 19.1 Å². The summed E-state index contributed by atoms with van der Waals surface area (Å²) in [6.07, 6.45) is 8.95. The van der Waals surface area contributed by atoms with Gasteiger partial charge in [0.15, 0.2) is 5.78 Å². The summed E-state index contributed by atoms with van der Waals surface area (Å²) in [5, 5.41) is 0. The molecule has 1 aromatic carbocycles. The van der Waals surface area contributed by atoms with Crippen molar-refractivity contribution in [1.29, 1.82) is 0 Å². The Balaban J connectivity index is 1.49. The number of H-pyrrole nitrogens is 1. The molecule has 2 aliphatic rings. The molecule has 0 amide bonds. The fourth-order valence-corrected chi connectivity index (χ4v) is 5.02. The predicted molar refractivity (Wildman–Crippen MR) is 120 cm³/mol. The van der Waals surface area contributed by atoms with Gasteiger partial charge >= 0.3 is 5.97 Å². The third-order valence-corrected chi connectivity index (χ3v) is 6.68. The van der Waals surface area contributed by atoms with Gasteiger partial charge in [-0.1, -0.05) is 31.4 Å². The molecule has 4 rings (SSSR count). The highest BCUT2D eigenvalue weighted by Gasteiger charge is 2.32. The van der Waals surface area contributed by atoms with Gasteiger partial charge in [-0.05, 0) is 75.1 Å². The minimum absolute atomic E-state index is 0.0140. The second kappa shape index (κ2) is 9.71. The molecular formula is C26H33NO4. The Labute approximate surface area is 184 Å². The number of benzene rings is 1. The molecule has 1 saturated carbocycles. The molecule has 5 heteroatoms. The summed E-state index contributed by atoms with van der Waals surface area (Å²) in [5.74, 6) is 0.717. The number of esters is 1. The van der Waals surface area contributed by atoms with E-state index in [-0.39, 0.29) is 23.8 Å². The number of hydrogen-bond donors (Lipinski definition) is 1. The maximum absolute atomic E-state index is 13.0. The summed E-state index contributed by atoms with van der Waals surface area (Å²) in [6.45, 7) is 4.45. The summed E-state index contributed by atoms with van der Waals surface area (Å²) in [5.41, 5.74) is 3.85. The molecule has 2 aromatic rings. The van der Waals surface area contributed by atoms with Crippen LogP contribution in [0.4, 0.5) is 0 Å². The van der Waals surface area contributed by atoms with Crippen LogP contribution in [-0.4, -0.2) is 29.4 Å². The number of Topliss-reactive ketones (excluding diaryl/α,β-unsaturated/α-hetero) is 1. The van der Waals surface area contributed by atoms with Gasteiger partial charge in [0.2, 0.25) is 0 Å². The van der Waals surface area contributed by atoms with E-state index in [2.05, 4.69) is 4.98 Å². The molecule has 0 spiro atoms. The molecule has 1 heterocycles. The molecule has 1 aromatic heterocycles. The molecule has 1 atom stereocenters. The summed E-state index contributed by atoms with van der Waals surface area (Å²) in [4.78, 5) is 29.2. The average Bonchev–Trinajstić information content (AvgIpc) is 3.08. The van der Waals surface area contributed by atoms with E-state index in [0.29, 0.717) is 30.7 Å². The lowest BCUT2D eigenvalue weighted by molar-refractivity contribution is 0.0232. The third-order valence-electron chi connectivity index (χ3n) is 6.68. The number of carbonyl (C=O) groups is 2. The quantitative estimate of drug-likeness (QED) is 0.608. The van der Waals surface area contributed by atoms with Gasteiger partial charge < -0.3 is 14.5 Å². The Bertz CT molecular complexity index is 920. The van der Waals surface area contributed by atoms with Gasteiger partial charge in [-0.25, -0.2) is 4.79 Å². The molecule has 0 bridgehead atoms. The van der Waals surface area contributed by atoms with Crippen molar-refractivity contribution in [2.75, 3.05) is 6.61 Å². The zero-order chi connectivity index (χ0) is 21.8. The van der Waals surface area contributed by atoms with E-state index < -0.39 is 0 Å². The van der Waals surface area contributed by atoms with Crippen LogP contribution in [0.3, 0.4) is 0 Å². The lowest BCUT2D eigenvalue weighted by Gasteiger charge is -2.22. The van der Waals surface area contributed by atoms with Crippen LogP contribution in [0.15, 0.2) is 24.3 Å². The number of aromatic amines is 1. The second-order valence-corrected chi connectivity index (χ2v) is 8.88. The van der Waals surface area contributed by atoms with Crippen molar-refractivity contribution in [3.8, 4) is 5.75 Å². The average molecular weight is 424 g/mol. The van der Waals surface area contributed by atoms with E-state index in [1.165, 1.54) is 19.3 Å². The normalized spacial score (nSPS) is 19.9. The van der Waals surface area contributed by atoms with Gasteiger partial charge in [-0.3, -0.25) is 4.79 Å². The molecule has 31 heavy (non-hydrogen) atoms. The monoisotopic (exact) mass is 423 g/mol. The SMILES string of the molecule is CCOc1ccc(C2CC(=O)c3c([nH]c(C(=O)OC4CCCCCCC4)c3C)C2)cc1. The Morgan fingerprint density at radius 1 is 1.03 bits per heavy atom. The maximum Gasteiger partial charge on any atom is 0.355 e. The van der Waals surface area contributed by atoms with E-state index >= 15 is 0 Å². The second-order valence-electron chi connectivity index (χ2n) is 8.88. The lowest BCUT2D eigenvalue weighted by Crippen LogP contribution is -2.20. The van der Waals surface area contributed by atoms with Crippen LogP contribution in [0.5, 0.6) is 5.75 Å². The van der Waals surface area contributed by atoms with Crippen LogP contribution in [0.1, 0.15) is 102 Å². The van der Waals surface area contributed by atoms with Crippen LogP contribution in [0.2, 0.25) is 0 Å². The number of ether oxygens (including phenoxy) is 2. The van der Waals surface area contributed by atoms with E-state index in [0.717, 1.165) is 48.3 Å². The topological polar surface area (TPSA) is 68.4 Å². The summed E-state index contributed by atoms with van der Waals surface area (Å²) >= 11 is 0. The number of rotatable bonds is 5. The van der Waals surface area contributed by atoms with Crippen LogP contribution in [0.25, 0.3) is 0 Å². The predicted octanol–water partition coefficient (Wildman–Crippen LogP) is 5.90. The number of aromatic nitrogens is 1. The van der Waals surface area contributed by atoms with Crippen molar-refractivity contribution in [2.24, 2.45) is 0 Å². The van der Waals surface area contributed by atoms with Crippen molar-refractivity contribution >= 4 is 11.8 Å². The molecule has 5 nitrogen and oxygen atoms in total. The fourth-order valence-electron chi connectivity index (χ4n) is 5.02. The minimum atomic E-state index is -0.317. The minimum Gasteiger partial charge on any atom is -0.494 e. The zero-order valence-electron chi connectivity index (χ0n) is 18.7. The maximum atomic E-state index is 13.0. The van der Waals surface area contributed by atoms with Crippen molar-refractivity contribution in [3.63, 3.8) is 0 Å². The zero-order valence-corrected chi connectivity index (χ0v) is 18.7. The van der Waals surface area contributed by atoms with Gasteiger partial charge in [0, 0.05) is 17.7 Å². The number of hydrogen-bond acceptors (Lipinski definition) is 4. The largest absolute Gasteiger partial charge is 0.494 e. The summed E-state index contributed by atoms with van der Waals surface area (Å²) < 4.78 is 11.4. The number of fused-ring (bicyclic) bond motifs is 1.